The molecule has 1 aliphatic rings. The van der Waals surface area contributed by atoms with Crippen LogP contribution >= 0.6 is 39.3 Å². The van der Waals surface area contributed by atoms with Gasteiger partial charge in [-0.25, -0.2) is 4.90 Å². The van der Waals surface area contributed by atoms with Crippen LogP contribution in [-0.4, -0.2) is 39.6 Å². The first-order valence-corrected chi connectivity index (χ1v) is 12.4. The standard InChI is InChI=1S/C24H21BrClN3O3S/c1-3-27(4-2)22(30)14-28-13-15(17-12-16(25)9-10-19(17)28)11-21-23(31)29(24(32)33-21)20-8-6-5-7-18(20)26/h5-13H,3-4,14H2,1-2H3/b21-11-. The van der Waals surface area contributed by atoms with Crippen LogP contribution in [0.25, 0.3) is 17.0 Å². The molecule has 170 valence electrons. The van der Waals surface area contributed by atoms with Gasteiger partial charge in [0.05, 0.1) is 15.6 Å². The number of rotatable bonds is 6. The number of anilines is 1. The molecule has 2 aromatic carbocycles. The Hall–Kier alpha value is -2.55. The molecule has 9 heteroatoms. The van der Waals surface area contributed by atoms with Crippen LogP contribution in [-0.2, 0) is 16.1 Å². The molecule has 3 aromatic rings. The smallest absolute Gasteiger partial charge is 0.298 e. The van der Waals surface area contributed by atoms with Gasteiger partial charge in [0.1, 0.15) is 6.54 Å². The van der Waals surface area contributed by atoms with Gasteiger partial charge in [-0.2, -0.15) is 0 Å². The number of benzene rings is 2. The Bertz CT molecular complexity index is 1300. The number of fused-ring (bicyclic) bond motifs is 1. The number of para-hydroxylation sites is 1. The fraction of sp³-hybridized carbons (Fsp3) is 0.208. The number of carbonyl (C=O) groups is 3. The molecular weight excluding hydrogens is 526 g/mol. The number of nitrogens with zero attached hydrogens (tertiary/aromatic N) is 3. The minimum Gasteiger partial charge on any atom is -0.342 e. The predicted molar refractivity (Wildman–Crippen MR) is 137 cm³/mol. The summed E-state index contributed by atoms with van der Waals surface area (Å²) in [7, 11) is 0. The van der Waals surface area contributed by atoms with Crippen molar-refractivity contribution in [2.75, 3.05) is 18.0 Å². The average Bonchev–Trinajstić information content (AvgIpc) is 3.25. The highest BCUT2D eigenvalue weighted by atomic mass is 79.9. The van der Waals surface area contributed by atoms with Crippen molar-refractivity contribution in [3.63, 3.8) is 0 Å². The minimum absolute atomic E-state index is 0.0189. The third-order valence-corrected chi connectivity index (χ3v) is 7.15. The summed E-state index contributed by atoms with van der Waals surface area (Å²) in [6.45, 7) is 5.37. The van der Waals surface area contributed by atoms with Gasteiger partial charge >= 0.3 is 0 Å². The van der Waals surface area contributed by atoms with E-state index in [1.54, 1.807) is 35.2 Å². The summed E-state index contributed by atoms with van der Waals surface area (Å²) in [4.78, 5) is 41.7. The van der Waals surface area contributed by atoms with E-state index in [4.69, 9.17) is 11.6 Å². The monoisotopic (exact) mass is 545 g/mol. The lowest BCUT2D eigenvalue weighted by atomic mass is 10.1. The molecule has 1 fully saturated rings. The Kier molecular flexibility index (Phi) is 6.97. The van der Waals surface area contributed by atoms with Crippen molar-refractivity contribution in [3.05, 3.63) is 68.6 Å². The van der Waals surface area contributed by atoms with E-state index in [2.05, 4.69) is 15.9 Å². The number of hydrogen-bond acceptors (Lipinski definition) is 4. The molecule has 6 nitrogen and oxygen atoms in total. The summed E-state index contributed by atoms with van der Waals surface area (Å²) >= 11 is 10.6. The van der Waals surface area contributed by atoms with Gasteiger partial charge in [0.2, 0.25) is 5.91 Å². The number of aromatic nitrogens is 1. The zero-order valence-electron chi connectivity index (χ0n) is 18.0. The highest BCUT2D eigenvalue weighted by Gasteiger charge is 2.37. The Labute approximate surface area is 209 Å². The van der Waals surface area contributed by atoms with E-state index in [0.29, 0.717) is 28.7 Å². The van der Waals surface area contributed by atoms with E-state index in [0.717, 1.165) is 37.6 Å². The van der Waals surface area contributed by atoms with Crippen molar-refractivity contribution < 1.29 is 14.4 Å². The van der Waals surface area contributed by atoms with Crippen LogP contribution in [0, 0.1) is 0 Å². The molecule has 3 amide bonds. The quantitative estimate of drug-likeness (QED) is 0.347. The van der Waals surface area contributed by atoms with Crippen LogP contribution in [0.4, 0.5) is 10.5 Å². The van der Waals surface area contributed by atoms with Gasteiger partial charge in [-0.05, 0) is 62.0 Å². The van der Waals surface area contributed by atoms with Crippen LogP contribution in [0.3, 0.4) is 0 Å². The van der Waals surface area contributed by atoms with Gasteiger partial charge in [0.15, 0.2) is 0 Å². The van der Waals surface area contributed by atoms with Crippen LogP contribution in [0.2, 0.25) is 5.02 Å². The van der Waals surface area contributed by atoms with E-state index < -0.39 is 11.1 Å². The van der Waals surface area contributed by atoms with Crippen molar-refractivity contribution in [1.29, 1.82) is 0 Å². The van der Waals surface area contributed by atoms with Crippen molar-refractivity contribution in [1.82, 2.24) is 9.47 Å². The lowest BCUT2D eigenvalue weighted by Crippen LogP contribution is -2.33. The molecule has 0 bridgehead atoms. The maximum atomic E-state index is 13.1. The molecule has 2 heterocycles. The Morgan fingerprint density at radius 2 is 1.88 bits per heavy atom. The zero-order chi connectivity index (χ0) is 23.7. The summed E-state index contributed by atoms with van der Waals surface area (Å²) in [5.74, 6) is -0.404. The molecule has 0 spiro atoms. The van der Waals surface area contributed by atoms with Crippen LogP contribution < -0.4 is 4.90 Å². The number of likely N-dealkylation sites (N-methyl/N-ethyl adjacent to an activating group) is 1. The summed E-state index contributed by atoms with van der Waals surface area (Å²) in [5.41, 5.74) is 1.98. The second-order valence-corrected chi connectivity index (χ2v) is 9.72. The second-order valence-electron chi connectivity index (χ2n) is 7.41. The number of hydrogen-bond donors (Lipinski definition) is 0. The molecule has 4 rings (SSSR count). The number of amides is 3. The zero-order valence-corrected chi connectivity index (χ0v) is 21.2. The normalized spacial score (nSPS) is 15.2. The third kappa shape index (κ3) is 4.60. The predicted octanol–water partition coefficient (Wildman–Crippen LogP) is 6.17. The number of thioether (sulfide) groups is 1. The molecule has 0 aliphatic carbocycles. The second kappa shape index (κ2) is 9.75. The Balaban J connectivity index is 1.73. The largest absolute Gasteiger partial charge is 0.342 e. The number of carbonyl (C=O) groups excluding carboxylic acids is 3. The SMILES string of the molecule is CCN(CC)C(=O)Cn1cc(/C=C2\SC(=O)N(c3ccccc3Cl)C2=O)c2cc(Br)ccc21. The Morgan fingerprint density at radius 1 is 1.15 bits per heavy atom. The lowest BCUT2D eigenvalue weighted by molar-refractivity contribution is -0.131. The van der Waals surface area contributed by atoms with Gasteiger partial charge in [-0.1, -0.05) is 39.7 Å². The Morgan fingerprint density at radius 3 is 2.58 bits per heavy atom. The van der Waals surface area contributed by atoms with Gasteiger partial charge in [0.25, 0.3) is 11.1 Å². The fourth-order valence-corrected chi connectivity index (χ4v) is 5.22. The number of imide groups is 1. The summed E-state index contributed by atoms with van der Waals surface area (Å²) < 4.78 is 2.76. The molecule has 0 radical (unpaired) electrons. The first kappa shape index (κ1) is 23.6. The average molecular weight is 547 g/mol. The first-order chi connectivity index (χ1) is 15.8. The fourth-order valence-electron chi connectivity index (χ4n) is 3.81. The van der Waals surface area contributed by atoms with Gasteiger partial charge in [0, 0.05) is 40.2 Å². The molecule has 1 saturated heterocycles. The first-order valence-electron chi connectivity index (χ1n) is 10.4. The molecule has 0 atom stereocenters. The molecule has 33 heavy (non-hydrogen) atoms. The van der Waals surface area contributed by atoms with Gasteiger partial charge < -0.3 is 9.47 Å². The highest BCUT2D eigenvalue weighted by molar-refractivity contribution is 9.10. The molecule has 0 unspecified atom stereocenters. The van der Waals surface area contributed by atoms with E-state index in [-0.39, 0.29) is 12.5 Å². The topological polar surface area (TPSA) is 62.6 Å². The molecule has 1 aliphatic heterocycles. The van der Waals surface area contributed by atoms with Crippen molar-refractivity contribution >= 4 is 79.0 Å². The van der Waals surface area contributed by atoms with E-state index in [1.807, 2.05) is 42.8 Å². The molecule has 0 N–H and O–H groups in total. The van der Waals surface area contributed by atoms with Crippen LogP contribution in [0.15, 0.2) is 58.0 Å². The highest BCUT2D eigenvalue weighted by Crippen LogP contribution is 2.39. The summed E-state index contributed by atoms with van der Waals surface area (Å²) in [5, 5.41) is 0.804. The molecule has 1 aromatic heterocycles. The van der Waals surface area contributed by atoms with Crippen molar-refractivity contribution in [2.24, 2.45) is 0 Å². The summed E-state index contributed by atoms with van der Waals surface area (Å²) in [6, 6.07) is 12.5. The summed E-state index contributed by atoms with van der Waals surface area (Å²) in [6.07, 6.45) is 3.55. The van der Waals surface area contributed by atoms with Gasteiger partial charge in [-0.15, -0.1) is 0 Å². The van der Waals surface area contributed by atoms with E-state index in [9.17, 15) is 14.4 Å². The van der Waals surface area contributed by atoms with Gasteiger partial charge in [-0.3, -0.25) is 14.4 Å². The van der Waals surface area contributed by atoms with Crippen molar-refractivity contribution in [3.8, 4) is 0 Å². The molecular formula is C24H21BrClN3O3S. The molecule has 0 saturated carbocycles. The minimum atomic E-state index is -0.423. The van der Waals surface area contributed by atoms with E-state index >= 15 is 0 Å². The maximum absolute atomic E-state index is 13.1. The third-order valence-electron chi connectivity index (χ3n) is 5.47. The van der Waals surface area contributed by atoms with Crippen LogP contribution in [0.5, 0.6) is 0 Å². The van der Waals surface area contributed by atoms with Crippen molar-refractivity contribution in [2.45, 2.75) is 20.4 Å². The number of halogens is 2. The maximum Gasteiger partial charge on any atom is 0.298 e. The van der Waals surface area contributed by atoms with Crippen LogP contribution in [0.1, 0.15) is 19.4 Å². The van der Waals surface area contributed by atoms with E-state index in [1.165, 1.54) is 0 Å². The lowest BCUT2D eigenvalue weighted by Gasteiger charge is -2.19.